The molecule has 0 amide bonds. The van der Waals surface area contributed by atoms with Crippen molar-refractivity contribution in [3.05, 3.63) is 0 Å². The number of aliphatic hydroxyl groups is 4. The Labute approximate surface area is 75.6 Å². The van der Waals surface area contributed by atoms with Crippen LogP contribution in [-0.4, -0.2) is 57.2 Å². The first-order chi connectivity index (χ1) is 5.91. The maximum atomic E-state index is 10.0. The molecule has 6 N–H and O–H groups in total. The molecule has 0 aromatic carbocycles. The Morgan fingerprint density at radius 1 is 1.08 bits per heavy atom. The summed E-state index contributed by atoms with van der Waals surface area (Å²) < 4.78 is 0. The molecule has 6 heteroatoms. The van der Waals surface area contributed by atoms with Gasteiger partial charge in [0.05, 0.1) is 6.10 Å². The molecule has 78 valence electrons. The second-order valence-corrected chi connectivity index (χ2v) is 2.96. The summed E-state index contributed by atoms with van der Waals surface area (Å²) in [5, 5.41) is 36.2. The van der Waals surface area contributed by atoms with E-state index >= 15 is 0 Å². The van der Waals surface area contributed by atoms with Gasteiger partial charge >= 0.3 is 0 Å². The van der Waals surface area contributed by atoms with E-state index in [4.69, 9.17) is 26.2 Å². The largest absolute Gasteiger partial charge is 0.389 e. The van der Waals surface area contributed by atoms with E-state index < -0.39 is 30.5 Å². The minimum absolute atomic E-state index is 0.0712. The molecular weight excluding hydrogens is 178 g/mol. The highest BCUT2D eigenvalue weighted by Crippen LogP contribution is 2.05. The lowest BCUT2D eigenvalue weighted by Crippen LogP contribution is -2.51. The molecule has 13 heavy (non-hydrogen) atoms. The van der Waals surface area contributed by atoms with E-state index in [2.05, 4.69) is 0 Å². The van der Waals surface area contributed by atoms with Crippen molar-refractivity contribution >= 4 is 6.29 Å². The second-order valence-electron chi connectivity index (χ2n) is 2.96. The average Bonchev–Trinajstić information content (AvgIpc) is 2.12. The predicted molar refractivity (Wildman–Crippen MR) is 43.7 cm³/mol. The molecule has 5 atom stereocenters. The maximum absolute atomic E-state index is 10.0. The Kier molecular flexibility index (Phi) is 5.04. The molecule has 0 unspecified atom stereocenters. The van der Waals surface area contributed by atoms with E-state index in [-0.39, 0.29) is 6.29 Å². The minimum Gasteiger partial charge on any atom is -0.389 e. The van der Waals surface area contributed by atoms with Gasteiger partial charge in [-0.1, -0.05) is 0 Å². The van der Waals surface area contributed by atoms with E-state index in [1.165, 1.54) is 6.92 Å². The van der Waals surface area contributed by atoms with Crippen molar-refractivity contribution in [2.45, 2.75) is 37.4 Å². The van der Waals surface area contributed by atoms with Crippen molar-refractivity contribution in [2.24, 2.45) is 5.73 Å². The summed E-state index contributed by atoms with van der Waals surface area (Å²) in [4.78, 5) is 10.0. The zero-order chi connectivity index (χ0) is 10.6. The molecule has 0 saturated carbocycles. The molecule has 0 aromatic rings. The third-order valence-corrected chi connectivity index (χ3v) is 1.73. The average molecular weight is 193 g/mol. The summed E-state index contributed by atoms with van der Waals surface area (Å²) in [6, 6.07) is -0.761. The fourth-order valence-electron chi connectivity index (χ4n) is 0.796. The number of hydrogen-bond acceptors (Lipinski definition) is 6. The van der Waals surface area contributed by atoms with Crippen molar-refractivity contribution in [1.82, 2.24) is 0 Å². The van der Waals surface area contributed by atoms with Gasteiger partial charge in [0.1, 0.15) is 18.3 Å². The number of rotatable bonds is 5. The second kappa shape index (κ2) is 5.25. The van der Waals surface area contributed by atoms with Crippen LogP contribution in [0.15, 0.2) is 0 Å². The van der Waals surface area contributed by atoms with Crippen molar-refractivity contribution in [1.29, 1.82) is 0 Å². The number of carbonyl (C=O) groups is 1. The molecule has 0 bridgehead atoms. The molecular formula is C7H15NO5. The molecule has 0 saturated heterocycles. The number of nitrogens with two attached hydrogens (primary N) is 1. The Balaban J connectivity index is 4.23. The third-order valence-electron chi connectivity index (χ3n) is 1.73. The zero-order valence-corrected chi connectivity index (χ0v) is 7.24. The van der Waals surface area contributed by atoms with E-state index in [0.29, 0.717) is 0 Å². The highest BCUT2D eigenvalue weighted by molar-refractivity contribution is 5.56. The first-order valence-corrected chi connectivity index (χ1v) is 3.85. The van der Waals surface area contributed by atoms with E-state index in [1.807, 2.05) is 0 Å². The number of aldehydes is 1. The van der Waals surface area contributed by atoms with Crippen LogP contribution in [0.2, 0.25) is 0 Å². The van der Waals surface area contributed by atoms with Gasteiger partial charge in [0.25, 0.3) is 0 Å². The van der Waals surface area contributed by atoms with Gasteiger partial charge in [-0.2, -0.15) is 0 Å². The summed E-state index contributed by atoms with van der Waals surface area (Å²) in [5.41, 5.74) is 5.23. The van der Waals surface area contributed by atoms with Crippen LogP contribution in [0, 0.1) is 0 Å². The fraction of sp³-hybridized carbons (Fsp3) is 0.857. The normalized spacial score (nSPS) is 22.9. The smallest absolute Gasteiger partial charge is 0.151 e. The van der Waals surface area contributed by atoms with Crippen molar-refractivity contribution in [2.75, 3.05) is 0 Å². The first kappa shape index (κ1) is 12.5. The minimum atomic E-state index is -1.72. The van der Waals surface area contributed by atoms with Crippen LogP contribution in [-0.2, 0) is 4.79 Å². The van der Waals surface area contributed by atoms with Crippen LogP contribution in [0.5, 0.6) is 0 Å². The van der Waals surface area contributed by atoms with Crippen LogP contribution >= 0.6 is 0 Å². The van der Waals surface area contributed by atoms with Crippen LogP contribution in [0.1, 0.15) is 6.92 Å². The van der Waals surface area contributed by atoms with Crippen LogP contribution < -0.4 is 5.73 Å². The van der Waals surface area contributed by atoms with E-state index in [1.54, 1.807) is 0 Å². The molecule has 0 aliphatic heterocycles. The lowest BCUT2D eigenvalue weighted by Gasteiger charge is -2.26. The Morgan fingerprint density at radius 2 is 1.54 bits per heavy atom. The van der Waals surface area contributed by atoms with Gasteiger partial charge in [0.2, 0.25) is 0 Å². The molecule has 6 nitrogen and oxygen atoms in total. The fourth-order valence-corrected chi connectivity index (χ4v) is 0.796. The summed E-state index contributed by atoms with van der Waals surface area (Å²) in [7, 11) is 0. The van der Waals surface area contributed by atoms with E-state index in [9.17, 15) is 4.79 Å². The molecule has 0 rings (SSSR count). The summed E-state index contributed by atoms with van der Waals surface area (Å²) in [6.07, 6.45) is -6.39. The zero-order valence-electron chi connectivity index (χ0n) is 7.24. The summed E-state index contributed by atoms with van der Waals surface area (Å²) >= 11 is 0. The molecule has 0 aliphatic carbocycles. The SMILES string of the molecule is C[C@@H](N)[C@@H](O)[C@@H](O)[C@H](O)[C@@H](O)C=O. The highest BCUT2D eigenvalue weighted by atomic mass is 16.4. The standard InChI is InChI=1S/C7H15NO5/c1-3(8)5(11)7(13)6(12)4(10)2-9/h2-7,10-13H,8H2,1H3/t3-,4+,5-,6-,7-/m1/s1. The van der Waals surface area contributed by atoms with E-state index in [0.717, 1.165) is 0 Å². The van der Waals surface area contributed by atoms with Gasteiger partial charge in [-0.15, -0.1) is 0 Å². The Bertz CT molecular complexity index is 163. The van der Waals surface area contributed by atoms with Crippen molar-refractivity contribution in [3.63, 3.8) is 0 Å². The van der Waals surface area contributed by atoms with Gasteiger partial charge < -0.3 is 31.0 Å². The van der Waals surface area contributed by atoms with Gasteiger partial charge in [0, 0.05) is 6.04 Å². The molecule has 0 radical (unpaired) electrons. The lowest BCUT2D eigenvalue weighted by atomic mass is 10.00. The van der Waals surface area contributed by atoms with Crippen LogP contribution in [0.4, 0.5) is 0 Å². The van der Waals surface area contributed by atoms with Gasteiger partial charge in [-0.3, -0.25) is 0 Å². The molecule has 0 heterocycles. The van der Waals surface area contributed by atoms with Crippen molar-refractivity contribution in [3.8, 4) is 0 Å². The molecule has 0 spiro atoms. The molecule has 0 aromatic heterocycles. The molecule has 0 fully saturated rings. The quantitative estimate of drug-likeness (QED) is 0.296. The van der Waals surface area contributed by atoms with Crippen molar-refractivity contribution < 1.29 is 25.2 Å². The van der Waals surface area contributed by atoms with Gasteiger partial charge in [-0.25, -0.2) is 0 Å². The maximum Gasteiger partial charge on any atom is 0.151 e. The summed E-state index contributed by atoms with van der Waals surface area (Å²) in [5.74, 6) is 0. The number of aliphatic hydroxyl groups excluding tert-OH is 4. The first-order valence-electron chi connectivity index (χ1n) is 3.85. The highest BCUT2D eigenvalue weighted by Gasteiger charge is 2.31. The Morgan fingerprint density at radius 3 is 1.85 bits per heavy atom. The predicted octanol–water partition coefficient (Wildman–Crippen LogP) is -3.02. The van der Waals surface area contributed by atoms with Crippen LogP contribution in [0.25, 0.3) is 0 Å². The van der Waals surface area contributed by atoms with Gasteiger partial charge in [-0.05, 0) is 6.92 Å². The number of hydrogen-bond donors (Lipinski definition) is 5. The van der Waals surface area contributed by atoms with Crippen LogP contribution in [0.3, 0.4) is 0 Å². The number of carbonyl (C=O) groups excluding carboxylic acids is 1. The molecule has 0 aliphatic rings. The monoisotopic (exact) mass is 193 g/mol. The lowest BCUT2D eigenvalue weighted by molar-refractivity contribution is -0.134. The summed E-state index contributed by atoms with van der Waals surface area (Å²) in [6.45, 7) is 1.42. The Hall–Kier alpha value is -0.530. The van der Waals surface area contributed by atoms with Gasteiger partial charge in [0.15, 0.2) is 6.29 Å². The third kappa shape index (κ3) is 3.37. The topological polar surface area (TPSA) is 124 Å².